The number of ether oxygens (including phenoxy) is 1. The standard InChI is InChI=1S/C28H47NO2S/c1-3-5-7-8-9-10-11-12-13-14-15-17-25(16-6-4-2)31-26-20-18-24(19-21-26)22-28-29-27(30)23-32-28/h18-21,25,28H,3-17,22-23H2,1-2H3,(H,29,30). The summed E-state index contributed by atoms with van der Waals surface area (Å²) in [4.78, 5) is 11.4. The molecule has 4 heteroatoms. The Morgan fingerprint density at radius 1 is 0.844 bits per heavy atom. The van der Waals surface area contributed by atoms with Gasteiger partial charge in [0.1, 0.15) is 5.75 Å². The summed E-state index contributed by atoms with van der Waals surface area (Å²) in [5.74, 6) is 1.73. The molecule has 2 unspecified atom stereocenters. The molecule has 0 bridgehead atoms. The quantitative estimate of drug-likeness (QED) is 0.212. The summed E-state index contributed by atoms with van der Waals surface area (Å²) in [7, 11) is 0. The van der Waals surface area contributed by atoms with Crippen LogP contribution < -0.4 is 10.1 Å². The van der Waals surface area contributed by atoms with Crippen LogP contribution in [-0.2, 0) is 11.2 Å². The molecule has 1 aromatic carbocycles. The van der Waals surface area contributed by atoms with Crippen molar-refractivity contribution in [3.63, 3.8) is 0 Å². The second-order valence-corrected chi connectivity index (χ2v) is 10.6. The number of hydrogen-bond donors (Lipinski definition) is 1. The van der Waals surface area contributed by atoms with Gasteiger partial charge in [-0.15, -0.1) is 11.8 Å². The van der Waals surface area contributed by atoms with Gasteiger partial charge in [-0.2, -0.15) is 0 Å². The first kappa shape index (κ1) is 27.1. The minimum absolute atomic E-state index is 0.154. The van der Waals surface area contributed by atoms with E-state index < -0.39 is 0 Å². The third kappa shape index (κ3) is 12.2. The first-order chi connectivity index (χ1) is 15.7. The third-order valence-corrected chi connectivity index (χ3v) is 7.51. The lowest BCUT2D eigenvalue weighted by Crippen LogP contribution is -2.26. The van der Waals surface area contributed by atoms with Gasteiger partial charge in [0.25, 0.3) is 0 Å². The van der Waals surface area contributed by atoms with Gasteiger partial charge in [0.2, 0.25) is 5.91 Å². The summed E-state index contributed by atoms with van der Waals surface area (Å²) in [6.07, 6.45) is 21.3. The van der Waals surface area contributed by atoms with Gasteiger partial charge in [-0.1, -0.05) is 103 Å². The van der Waals surface area contributed by atoms with Crippen LogP contribution in [0.2, 0.25) is 0 Å². The molecule has 0 aromatic heterocycles. The first-order valence-electron chi connectivity index (χ1n) is 13.4. The first-order valence-corrected chi connectivity index (χ1v) is 14.4. The van der Waals surface area contributed by atoms with Gasteiger partial charge in [-0.25, -0.2) is 0 Å². The molecule has 1 fully saturated rings. The van der Waals surface area contributed by atoms with Crippen molar-refractivity contribution in [3.05, 3.63) is 29.8 Å². The van der Waals surface area contributed by atoms with Crippen LogP contribution in [0.15, 0.2) is 24.3 Å². The van der Waals surface area contributed by atoms with E-state index >= 15 is 0 Å². The van der Waals surface area contributed by atoms with Crippen LogP contribution in [0.25, 0.3) is 0 Å². The van der Waals surface area contributed by atoms with Gasteiger partial charge in [-0.3, -0.25) is 4.79 Å². The number of benzene rings is 1. The topological polar surface area (TPSA) is 38.3 Å². The van der Waals surface area contributed by atoms with E-state index in [-0.39, 0.29) is 11.3 Å². The van der Waals surface area contributed by atoms with Crippen LogP contribution in [0.4, 0.5) is 0 Å². The van der Waals surface area contributed by atoms with Gasteiger partial charge in [-0.05, 0) is 37.0 Å². The number of nitrogens with one attached hydrogen (secondary N) is 1. The summed E-state index contributed by atoms with van der Waals surface area (Å²) < 4.78 is 6.38. The molecule has 0 aliphatic carbocycles. The van der Waals surface area contributed by atoms with Crippen LogP contribution >= 0.6 is 11.8 Å². The van der Waals surface area contributed by atoms with Gasteiger partial charge < -0.3 is 10.1 Å². The van der Waals surface area contributed by atoms with Crippen LogP contribution in [0.3, 0.4) is 0 Å². The van der Waals surface area contributed by atoms with Crippen molar-refractivity contribution in [3.8, 4) is 5.75 Å². The normalized spacial score (nSPS) is 16.8. The molecule has 2 rings (SSSR count). The van der Waals surface area contributed by atoms with E-state index in [4.69, 9.17) is 4.74 Å². The molecular weight excluding hydrogens is 414 g/mol. The highest BCUT2D eigenvalue weighted by molar-refractivity contribution is 8.01. The third-order valence-electron chi connectivity index (χ3n) is 6.39. The average molecular weight is 462 g/mol. The molecule has 2 atom stereocenters. The predicted molar refractivity (Wildman–Crippen MR) is 140 cm³/mol. The monoisotopic (exact) mass is 461 g/mol. The summed E-state index contributed by atoms with van der Waals surface area (Å²) in [6.45, 7) is 4.54. The van der Waals surface area contributed by atoms with Gasteiger partial charge >= 0.3 is 0 Å². The number of carbonyl (C=O) groups is 1. The Bertz CT molecular complexity index is 604. The lowest BCUT2D eigenvalue weighted by atomic mass is 10.0. The van der Waals surface area contributed by atoms with E-state index in [0.717, 1.165) is 18.6 Å². The molecule has 1 aromatic rings. The Morgan fingerprint density at radius 2 is 1.41 bits per heavy atom. The molecule has 1 heterocycles. The molecule has 1 saturated heterocycles. The minimum Gasteiger partial charge on any atom is -0.490 e. The molecule has 182 valence electrons. The van der Waals surface area contributed by atoms with Crippen molar-refractivity contribution in [2.45, 2.75) is 128 Å². The average Bonchev–Trinajstić information content (AvgIpc) is 3.21. The fourth-order valence-corrected chi connectivity index (χ4v) is 5.35. The van der Waals surface area contributed by atoms with Gasteiger partial charge in [0.05, 0.1) is 17.2 Å². The number of amides is 1. The van der Waals surface area contributed by atoms with E-state index in [1.807, 2.05) is 0 Å². The van der Waals surface area contributed by atoms with Crippen molar-refractivity contribution in [2.75, 3.05) is 5.75 Å². The van der Waals surface area contributed by atoms with Crippen molar-refractivity contribution in [1.82, 2.24) is 5.32 Å². The summed E-state index contributed by atoms with van der Waals surface area (Å²) in [6, 6.07) is 8.52. The van der Waals surface area contributed by atoms with E-state index in [9.17, 15) is 4.79 Å². The largest absolute Gasteiger partial charge is 0.490 e. The van der Waals surface area contributed by atoms with Crippen molar-refractivity contribution < 1.29 is 9.53 Å². The lowest BCUT2D eigenvalue weighted by molar-refractivity contribution is -0.118. The van der Waals surface area contributed by atoms with E-state index in [1.165, 1.54) is 95.5 Å². The van der Waals surface area contributed by atoms with E-state index in [0.29, 0.717) is 11.9 Å². The zero-order valence-corrected chi connectivity index (χ0v) is 21.5. The summed E-state index contributed by atoms with van der Waals surface area (Å²) in [5, 5.41) is 3.24. The molecule has 0 spiro atoms. The fraction of sp³-hybridized carbons (Fsp3) is 0.750. The molecule has 3 nitrogen and oxygen atoms in total. The maximum Gasteiger partial charge on any atom is 0.230 e. The number of rotatable bonds is 19. The highest BCUT2D eigenvalue weighted by Gasteiger charge is 2.21. The molecular formula is C28H47NO2S. The Balaban J connectivity index is 1.61. The Hall–Kier alpha value is -1.16. The van der Waals surface area contributed by atoms with Crippen molar-refractivity contribution in [1.29, 1.82) is 0 Å². The van der Waals surface area contributed by atoms with Crippen LogP contribution in [0.1, 0.15) is 116 Å². The fourth-order valence-electron chi connectivity index (χ4n) is 4.39. The lowest BCUT2D eigenvalue weighted by Gasteiger charge is -2.19. The molecule has 0 radical (unpaired) electrons. The Morgan fingerprint density at radius 3 is 1.97 bits per heavy atom. The maximum atomic E-state index is 11.4. The Kier molecular flexibility index (Phi) is 14.7. The highest BCUT2D eigenvalue weighted by atomic mass is 32.2. The smallest absolute Gasteiger partial charge is 0.230 e. The number of carbonyl (C=O) groups excluding carboxylic acids is 1. The van der Waals surface area contributed by atoms with E-state index in [1.54, 1.807) is 11.8 Å². The second-order valence-electron chi connectivity index (χ2n) is 9.42. The molecule has 32 heavy (non-hydrogen) atoms. The number of hydrogen-bond acceptors (Lipinski definition) is 3. The van der Waals surface area contributed by atoms with Crippen LogP contribution in [-0.4, -0.2) is 23.1 Å². The summed E-state index contributed by atoms with van der Waals surface area (Å²) >= 11 is 1.70. The van der Waals surface area contributed by atoms with Crippen molar-refractivity contribution in [2.24, 2.45) is 0 Å². The minimum atomic E-state index is 0.154. The van der Waals surface area contributed by atoms with Gasteiger partial charge in [0.15, 0.2) is 0 Å². The van der Waals surface area contributed by atoms with Gasteiger partial charge in [0, 0.05) is 6.42 Å². The Labute approximate surface area is 201 Å². The molecule has 1 aliphatic rings. The van der Waals surface area contributed by atoms with Crippen LogP contribution in [0.5, 0.6) is 5.75 Å². The molecule has 1 amide bonds. The molecule has 1 aliphatic heterocycles. The molecule has 1 N–H and O–H groups in total. The summed E-state index contributed by atoms with van der Waals surface area (Å²) in [5.41, 5.74) is 1.26. The predicted octanol–water partition coefficient (Wildman–Crippen LogP) is 8.06. The number of thioether (sulfide) groups is 1. The van der Waals surface area contributed by atoms with Crippen molar-refractivity contribution >= 4 is 17.7 Å². The highest BCUT2D eigenvalue weighted by Crippen LogP contribution is 2.23. The SMILES string of the molecule is CCCCCCCCCCCCCC(CCCC)Oc1ccc(CC2NC(=O)CS2)cc1. The van der Waals surface area contributed by atoms with E-state index in [2.05, 4.69) is 43.4 Å². The zero-order valence-electron chi connectivity index (χ0n) is 20.7. The maximum absolute atomic E-state index is 11.4. The molecule has 0 saturated carbocycles. The van der Waals surface area contributed by atoms with Crippen LogP contribution in [0, 0.1) is 0 Å². The zero-order chi connectivity index (χ0) is 22.9. The number of unbranched alkanes of at least 4 members (excludes halogenated alkanes) is 11. The second kappa shape index (κ2) is 17.3.